The van der Waals surface area contributed by atoms with Gasteiger partial charge in [0.25, 0.3) is 7.52 Å². The van der Waals surface area contributed by atoms with E-state index < -0.39 is 7.52 Å². The first-order chi connectivity index (χ1) is 6.48. The monoisotopic (exact) mass is 217 g/mol. The van der Waals surface area contributed by atoms with Gasteiger partial charge in [0.15, 0.2) is 0 Å². The minimum Gasteiger partial charge on any atom is -0.383 e. The van der Waals surface area contributed by atoms with Crippen molar-refractivity contribution in [2.24, 2.45) is 0 Å². The second-order valence-electron chi connectivity index (χ2n) is 3.61. The summed E-state index contributed by atoms with van der Waals surface area (Å²) in [7, 11) is 2.43. The maximum absolute atomic E-state index is 11.5. The summed E-state index contributed by atoms with van der Waals surface area (Å²) in [5.41, 5.74) is 0. The van der Waals surface area contributed by atoms with E-state index in [0.29, 0.717) is 6.42 Å². The maximum Gasteiger partial charge on any atom is 0.267 e. The molecule has 1 rings (SSSR count). The van der Waals surface area contributed by atoms with Crippen molar-refractivity contribution in [1.82, 2.24) is 5.09 Å². The van der Waals surface area contributed by atoms with Gasteiger partial charge in [-0.05, 0) is 12.8 Å². The third-order valence-electron chi connectivity index (χ3n) is 2.48. The van der Waals surface area contributed by atoms with Crippen LogP contribution in [0.3, 0.4) is 0 Å². The smallest absolute Gasteiger partial charge is 0.267 e. The summed E-state index contributed by atoms with van der Waals surface area (Å²) in [6.07, 6.45) is 1.59. The van der Waals surface area contributed by atoms with Crippen LogP contribution in [0.1, 0.15) is 26.7 Å². The van der Waals surface area contributed by atoms with E-state index in [1.165, 1.54) is 0 Å². The average Bonchev–Trinajstić information content (AvgIpc) is 2.45. The molecule has 80 valence electrons. The molecule has 0 amide bonds. The highest BCUT2D eigenvalue weighted by molar-refractivity contribution is 7.55. The molecule has 0 bridgehead atoms. The van der Waals surface area contributed by atoms with Crippen LogP contribution in [0.4, 0.5) is 0 Å². The maximum atomic E-state index is 11.5. The second kappa shape index (κ2) is 4.80. The molecule has 0 saturated carbocycles. The molecule has 14 heavy (non-hydrogen) atoms. The van der Waals surface area contributed by atoms with Gasteiger partial charge in [0.05, 0.1) is 6.10 Å². The first-order valence-electron chi connectivity index (χ1n) is 4.99. The largest absolute Gasteiger partial charge is 0.383 e. The van der Waals surface area contributed by atoms with Crippen LogP contribution in [0.2, 0.25) is 0 Å². The van der Waals surface area contributed by atoms with Gasteiger partial charge < -0.3 is 9.63 Å². The van der Waals surface area contributed by atoms with Gasteiger partial charge >= 0.3 is 0 Å². The molecule has 0 aliphatic carbocycles. The highest BCUT2D eigenvalue weighted by Crippen LogP contribution is 2.38. The highest BCUT2D eigenvalue weighted by Gasteiger charge is 2.34. The molecular weight excluding hydrogens is 200 g/mol. The van der Waals surface area contributed by atoms with Crippen molar-refractivity contribution >= 4 is 15.4 Å². The fourth-order valence-corrected chi connectivity index (χ4v) is 2.62. The number of ether oxygens (including phenoxy) is 1. The Bertz CT molecular complexity index is 239. The fourth-order valence-electron chi connectivity index (χ4n) is 1.64. The third-order valence-corrected chi connectivity index (χ3v) is 4.08. The molecule has 1 saturated heterocycles. The molecule has 2 N–H and O–H groups in total. The Labute approximate surface area is 86.3 Å². The molecular formula is C8H17BNO3P. The molecule has 0 aromatic carbocycles. The van der Waals surface area contributed by atoms with Gasteiger partial charge in [-0.3, -0.25) is 4.57 Å². The SMILES string of the molecule is [B][C@H]1C[C@@H](NP(=O)(O)CC)[C@@H](CC)O1. The normalized spacial score (nSPS) is 36.9. The standard InChI is InChI=1S/C8H17BNO3P/c1-3-7-6(5-8(9)13-7)10-14(11,12)4-2/h6-8H,3-5H2,1-2H3,(H2,10,11,12)/t6-,7-,8-/m1/s1. The lowest BCUT2D eigenvalue weighted by Gasteiger charge is -2.21. The molecule has 2 radical (unpaired) electrons. The van der Waals surface area contributed by atoms with E-state index in [1.807, 2.05) is 6.92 Å². The van der Waals surface area contributed by atoms with Gasteiger partial charge in [0.1, 0.15) is 7.85 Å². The number of hydrogen-bond acceptors (Lipinski definition) is 2. The minimum atomic E-state index is -3.19. The lowest BCUT2D eigenvalue weighted by atomic mass is 9.95. The highest BCUT2D eigenvalue weighted by atomic mass is 31.2. The summed E-state index contributed by atoms with van der Waals surface area (Å²) in [5, 5.41) is 2.74. The van der Waals surface area contributed by atoms with Crippen LogP contribution >= 0.6 is 7.52 Å². The molecule has 0 spiro atoms. The van der Waals surface area contributed by atoms with Crippen molar-refractivity contribution < 1.29 is 14.2 Å². The Kier molecular flexibility index (Phi) is 4.20. The predicted molar refractivity (Wildman–Crippen MR) is 56.6 cm³/mol. The van der Waals surface area contributed by atoms with Crippen LogP contribution in [0.15, 0.2) is 0 Å². The predicted octanol–water partition coefficient (Wildman–Crippen LogP) is 0.843. The van der Waals surface area contributed by atoms with Crippen molar-refractivity contribution in [3.63, 3.8) is 0 Å². The Morgan fingerprint density at radius 2 is 2.29 bits per heavy atom. The summed E-state index contributed by atoms with van der Waals surface area (Å²) < 4.78 is 16.9. The van der Waals surface area contributed by atoms with Crippen LogP contribution in [0.5, 0.6) is 0 Å². The minimum absolute atomic E-state index is 0.0444. The van der Waals surface area contributed by atoms with Crippen molar-refractivity contribution in [1.29, 1.82) is 0 Å². The summed E-state index contributed by atoms with van der Waals surface area (Å²) >= 11 is 0. The van der Waals surface area contributed by atoms with E-state index >= 15 is 0 Å². The summed E-state index contributed by atoms with van der Waals surface area (Å²) in [4.78, 5) is 9.43. The molecule has 0 aromatic heterocycles. The molecule has 1 heterocycles. The number of rotatable bonds is 4. The zero-order valence-corrected chi connectivity index (χ0v) is 9.54. The Morgan fingerprint density at radius 1 is 1.64 bits per heavy atom. The average molecular weight is 217 g/mol. The van der Waals surface area contributed by atoms with E-state index in [0.717, 1.165) is 6.42 Å². The van der Waals surface area contributed by atoms with Crippen LogP contribution in [0.25, 0.3) is 0 Å². The van der Waals surface area contributed by atoms with Gasteiger partial charge in [0.2, 0.25) is 0 Å². The Morgan fingerprint density at radius 3 is 2.79 bits per heavy atom. The molecule has 0 aromatic rings. The van der Waals surface area contributed by atoms with Crippen molar-refractivity contribution in [2.75, 3.05) is 6.16 Å². The van der Waals surface area contributed by atoms with Crippen LogP contribution < -0.4 is 5.09 Å². The number of nitrogens with one attached hydrogen (secondary N) is 1. The molecule has 1 aliphatic heterocycles. The molecule has 4 nitrogen and oxygen atoms in total. The van der Waals surface area contributed by atoms with E-state index in [4.69, 9.17) is 12.6 Å². The van der Waals surface area contributed by atoms with Crippen molar-refractivity contribution in [3.05, 3.63) is 0 Å². The van der Waals surface area contributed by atoms with Crippen molar-refractivity contribution in [2.45, 2.75) is 44.8 Å². The first-order valence-corrected chi connectivity index (χ1v) is 6.83. The summed E-state index contributed by atoms with van der Waals surface area (Å²) in [6.45, 7) is 3.66. The summed E-state index contributed by atoms with van der Waals surface area (Å²) in [5.74, 6) is 0. The van der Waals surface area contributed by atoms with Crippen LogP contribution in [0, 0.1) is 0 Å². The van der Waals surface area contributed by atoms with Gasteiger partial charge in [0, 0.05) is 18.2 Å². The van der Waals surface area contributed by atoms with Gasteiger partial charge in [-0.15, -0.1) is 0 Å². The van der Waals surface area contributed by atoms with Crippen LogP contribution in [-0.4, -0.2) is 37.1 Å². The van der Waals surface area contributed by atoms with Crippen LogP contribution in [-0.2, 0) is 9.30 Å². The Hall–Kier alpha value is 0.175. The summed E-state index contributed by atoms with van der Waals surface area (Å²) in [6, 6.07) is -0.403. The molecule has 1 aliphatic rings. The van der Waals surface area contributed by atoms with Gasteiger partial charge in [-0.25, -0.2) is 5.09 Å². The van der Waals surface area contributed by atoms with E-state index in [9.17, 15) is 9.46 Å². The quantitative estimate of drug-likeness (QED) is 0.541. The topological polar surface area (TPSA) is 58.6 Å². The van der Waals surface area contributed by atoms with Gasteiger partial charge in [-0.2, -0.15) is 0 Å². The third kappa shape index (κ3) is 3.09. The first kappa shape index (κ1) is 12.2. The van der Waals surface area contributed by atoms with E-state index in [2.05, 4.69) is 5.09 Å². The van der Waals surface area contributed by atoms with Crippen molar-refractivity contribution in [3.8, 4) is 0 Å². The second-order valence-corrected chi connectivity index (χ2v) is 5.90. The molecule has 6 heteroatoms. The van der Waals surface area contributed by atoms with E-state index in [1.54, 1.807) is 6.92 Å². The Balaban J connectivity index is 2.55. The zero-order chi connectivity index (χ0) is 10.8. The zero-order valence-electron chi connectivity index (χ0n) is 8.64. The fraction of sp³-hybridized carbons (Fsp3) is 1.00. The number of hydrogen-bond donors (Lipinski definition) is 2. The molecule has 4 atom stereocenters. The molecule has 1 unspecified atom stereocenters. The lowest BCUT2D eigenvalue weighted by Crippen LogP contribution is -2.34. The lowest BCUT2D eigenvalue weighted by molar-refractivity contribution is 0.0779. The molecule has 1 fully saturated rings. The van der Waals surface area contributed by atoms with E-state index in [-0.39, 0.29) is 24.3 Å². The van der Waals surface area contributed by atoms with Gasteiger partial charge in [-0.1, -0.05) is 13.8 Å².